The Morgan fingerprint density at radius 2 is 1.85 bits per heavy atom. The minimum atomic E-state index is -4.43. The summed E-state index contributed by atoms with van der Waals surface area (Å²) in [6.45, 7) is 0. The Labute approximate surface area is 163 Å². The van der Waals surface area contributed by atoms with Crippen molar-refractivity contribution in [2.45, 2.75) is 18.6 Å². The maximum absolute atomic E-state index is 13.6. The highest BCUT2D eigenvalue weighted by Crippen LogP contribution is 2.43. The molecule has 0 saturated heterocycles. The van der Waals surface area contributed by atoms with E-state index in [1.165, 1.54) is 23.5 Å². The third kappa shape index (κ3) is 3.59. The van der Waals surface area contributed by atoms with Gasteiger partial charge >= 0.3 is 6.18 Å². The van der Waals surface area contributed by atoms with Crippen LogP contribution in [0.15, 0.2) is 71.1 Å². The molecule has 0 amide bonds. The lowest BCUT2D eigenvalue weighted by Gasteiger charge is -2.26. The molecule has 2 aromatic carbocycles. The zero-order valence-corrected chi connectivity index (χ0v) is 15.5. The van der Waals surface area contributed by atoms with Gasteiger partial charge in [0.1, 0.15) is 0 Å². The van der Waals surface area contributed by atoms with Gasteiger partial charge in [0.05, 0.1) is 27.9 Å². The molecule has 0 fully saturated rings. The van der Waals surface area contributed by atoms with E-state index in [-0.39, 0.29) is 5.56 Å². The molecule has 1 aliphatic rings. The predicted molar refractivity (Wildman–Crippen MR) is 104 cm³/mol. The SMILES string of the molecule is FC(F)(F)c1ccccc1[C@@H]1CC(c2cccs2)=NN1c1cccc(Cl)c1. The van der Waals surface area contributed by atoms with E-state index in [1.807, 2.05) is 17.5 Å². The molecule has 138 valence electrons. The quantitative estimate of drug-likeness (QED) is 0.468. The molecule has 0 bridgehead atoms. The van der Waals surface area contributed by atoms with Gasteiger partial charge in [-0.1, -0.05) is 41.9 Å². The van der Waals surface area contributed by atoms with E-state index in [2.05, 4.69) is 5.10 Å². The van der Waals surface area contributed by atoms with Crippen molar-refractivity contribution in [2.75, 3.05) is 5.01 Å². The van der Waals surface area contributed by atoms with Crippen LogP contribution in [-0.2, 0) is 6.18 Å². The van der Waals surface area contributed by atoms with E-state index in [0.717, 1.165) is 16.7 Å². The van der Waals surface area contributed by atoms with E-state index in [0.29, 0.717) is 17.1 Å². The van der Waals surface area contributed by atoms with Gasteiger partial charge in [-0.25, -0.2) is 0 Å². The predicted octanol–water partition coefficient (Wildman–Crippen LogP) is 6.78. The molecule has 27 heavy (non-hydrogen) atoms. The summed E-state index contributed by atoms with van der Waals surface area (Å²) in [4.78, 5) is 0.953. The van der Waals surface area contributed by atoms with Crippen molar-refractivity contribution in [3.05, 3.63) is 87.1 Å². The lowest BCUT2D eigenvalue weighted by molar-refractivity contribution is -0.138. The van der Waals surface area contributed by atoms with Crippen LogP contribution >= 0.6 is 22.9 Å². The molecule has 0 N–H and O–H groups in total. The first kappa shape index (κ1) is 18.1. The minimum absolute atomic E-state index is 0.209. The summed E-state index contributed by atoms with van der Waals surface area (Å²) >= 11 is 7.63. The van der Waals surface area contributed by atoms with Gasteiger partial charge in [0.15, 0.2) is 0 Å². The Kier molecular flexibility index (Phi) is 4.70. The fourth-order valence-electron chi connectivity index (χ4n) is 3.25. The third-order valence-corrected chi connectivity index (χ3v) is 5.57. The molecule has 1 atom stereocenters. The Morgan fingerprint density at radius 1 is 1.04 bits per heavy atom. The first-order valence-corrected chi connectivity index (χ1v) is 9.51. The van der Waals surface area contributed by atoms with Gasteiger partial charge in [-0.15, -0.1) is 11.3 Å². The van der Waals surface area contributed by atoms with Gasteiger partial charge < -0.3 is 0 Å². The van der Waals surface area contributed by atoms with Crippen LogP contribution in [0.25, 0.3) is 0 Å². The summed E-state index contributed by atoms with van der Waals surface area (Å²) < 4.78 is 40.8. The number of benzene rings is 2. The van der Waals surface area contributed by atoms with Crippen LogP contribution in [0.1, 0.15) is 28.5 Å². The van der Waals surface area contributed by atoms with Crippen LogP contribution in [0.4, 0.5) is 18.9 Å². The standard InChI is InChI=1S/C20H14ClF3N2S/c21-13-5-3-6-14(11-13)26-18(12-17(25-26)19-9-4-10-27-19)15-7-1-2-8-16(15)20(22,23)24/h1-11,18H,12H2/t18-/m0/s1. The number of hydrazone groups is 1. The number of hydrogen-bond donors (Lipinski definition) is 0. The molecule has 0 spiro atoms. The molecule has 2 nitrogen and oxygen atoms in total. The van der Waals surface area contributed by atoms with Crippen LogP contribution < -0.4 is 5.01 Å². The van der Waals surface area contributed by atoms with Gasteiger partial charge in [0.25, 0.3) is 0 Å². The number of alkyl halides is 3. The van der Waals surface area contributed by atoms with Crippen LogP contribution in [0.5, 0.6) is 0 Å². The van der Waals surface area contributed by atoms with E-state index in [9.17, 15) is 13.2 Å². The summed E-state index contributed by atoms with van der Waals surface area (Å²) in [5.74, 6) is 0. The van der Waals surface area contributed by atoms with Crippen LogP contribution in [0, 0.1) is 0 Å². The maximum atomic E-state index is 13.6. The first-order chi connectivity index (χ1) is 12.9. The second-order valence-corrected chi connectivity index (χ2v) is 7.54. The number of anilines is 1. The van der Waals surface area contributed by atoms with E-state index in [4.69, 9.17) is 11.6 Å². The molecule has 7 heteroatoms. The van der Waals surface area contributed by atoms with Crippen molar-refractivity contribution in [2.24, 2.45) is 5.10 Å². The normalized spacial score (nSPS) is 17.3. The molecule has 0 saturated carbocycles. The fraction of sp³-hybridized carbons (Fsp3) is 0.150. The van der Waals surface area contributed by atoms with Gasteiger partial charge in [0, 0.05) is 11.4 Å². The van der Waals surface area contributed by atoms with Gasteiger partial charge in [-0.3, -0.25) is 5.01 Å². The molecule has 1 aromatic heterocycles. The van der Waals surface area contributed by atoms with Crippen molar-refractivity contribution in [1.82, 2.24) is 0 Å². The topological polar surface area (TPSA) is 15.6 Å². The Bertz CT molecular complexity index is 983. The number of hydrogen-bond acceptors (Lipinski definition) is 3. The highest BCUT2D eigenvalue weighted by atomic mass is 35.5. The Morgan fingerprint density at radius 3 is 2.56 bits per heavy atom. The van der Waals surface area contributed by atoms with Crippen molar-refractivity contribution in [1.29, 1.82) is 0 Å². The zero-order chi connectivity index (χ0) is 19.0. The highest BCUT2D eigenvalue weighted by molar-refractivity contribution is 7.12. The molecule has 0 radical (unpaired) electrons. The summed E-state index contributed by atoms with van der Waals surface area (Å²) in [5.41, 5.74) is 1.01. The number of thiophene rings is 1. The number of rotatable bonds is 3. The lowest BCUT2D eigenvalue weighted by Crippen LogP contribution is -2.22. The second-order valence-electron chi connectivity index (χ2n) is 6.15. The van der Waals surface area contributed by atoms with E-state index in [1.54, 1.807) is 35.3 Å². The minimum Gasteiger partial charge on any atom is -0.257 e. The third-order valence-electron chi connectivity index (χ3n) is 4.41. The van der Waals surface area contributed by atoms with Crippen molar-refractivity contribution in [3.8, 4) is 0 Å². The van der Waals surface area contributed by atoms with Gasteiger partial charge in [0.2, 0.25) is 0 Å². The number of nitrogens with zero attached hydrogens (tertiary/aromatic N) is 2. The van der Waals surface area contributed by atoms with Crippen molar-refractivity contribution >= 4 is 34.3 Å². The molecule has 2 heterocycles. The molecule has 4 rings (SSSR count). The lowest BCUT2D eigenvalue weighted by atomic mass is 9.95. The molecule has 3 aromatic rings. The Hall–Kier alpha value is -2.31. The Balaban J connectivity index is 1.82. The van der Waals surface area contributed by atoms with E-state index >= 15 is 0 Å². The molecule has 1 aliphatic heterocycles. The van der Waals surface area contributed by atoms with Crippen LogP contribution in [-0.4, -0.2) is 5.71 Å². The summed E-state index contributed by atoms with van der Waals surface area (Å²) in [5, 5.41) is 8.74. The zero-order valence-electron chi connectivity index (χ0n) is 13.9. The molecular formula is C20H14ClF3N2S. The molecular weight excluding hydrogens is 393 g/mol. The van der Waals surface area contributed by atoms with Crippen molar-refractivity contribution in [3.63, 3.8) is 0 Å². The first-order valence-electron chi connectivity index (χ1n) is 8.26. The fourth-order valence-corrected chi connectivity index (χ4v) is 4.15. The summed E-state index contributed by atoms with van der Waals surface area (Å²) in [6, 6.07) is 16.0. The largest absolute Gasteiger partial charge is 0.416 e. The smallest absolute Gasteiger partial charge is 0.257 e. The number of halogens is 4. The highest BCUT2D eigenvalue weighted by Gasteiger charge is 2.39. The second kappa shape index (κ2) is 7.02. The van der Waals surface area contributed by atoms with Gasteiger partial charge in [-0.2, -0.15) is 18.3 Å². The summed E-state index contributed by atoms with van der Waals surface area (Å²) in [6.07, 6.45) is -4.04. The van der Waals surface area contributed by atoms with Crippen LogP contribution in [0.3, 0.4) is 0 Å². The molecule has 0 unspecified atom stereocenters. The average Bonchev–Trinajstić information content (AvgIpc) is 3.30. The molecule has 0 aliphatic carbocycles. The van der Waals surface area contributed by atoms with Gasteiger partial charge in [-0.05, 0) is 41.3 Å². The average molecular weight is 407 g/mol. The maximum Gasteiger partial charge on any atom is 0.416 e. The van der Waals surface area contributed by atoms with Crippen molar-refractivity contribution < 1.29 is 13.2 Å². The monoisotopic (exact) mass is 406 g/mol. The van der Waals surface area contributed by atoms with E-state index < -0.39 is 17.8 Å². The van der Waals surface area contributed by atoms with Crippen LogP contribution in [0.2, 0.25) is 5.02 Å². The summed E-state index contributed by atoms with van der Waals surface area (Å²) in [7, 11) is 0.